The largest absolute Gasteiger partial charge is 0.482 e. The molecule has 3 rings (SSSR count). The summed E-state index contributed by atoms with van der Waals surface area (Å²) in [7, 11) is 0. The number of nitrogens with one attached hydrogen (secondary N) is 2. The molecule has 2 amide bonds. The summed E-state index contributed by atoms with van der Waals surface area (Å²) >= 11 is 1.51. The number of hydrogen-bond donors (Lipinski definition) is 2. The average molecular weight is 344 g/mol. The van der Waals surface area contributed by atoms with Gasteiger partial charge in [0.05, 0.1) is 28.5 Å². The average Bonchev–Trinajstić information content (AvgIpc) is 2.96. The fourth-order valence-electron chi connectivity index (χ4n) is 2.21. The predicted octanol–water partition coefficient (Wildman–Crippen LogP) is 1.87. The number of carbonyl (C=O) groups is 2. The zero-order chi connectivity index (χ0) is 17.1. The van der Waals surface area contributed by atoms with E-state index in [0.717, 1.165) is 16.3 Å². The maximum absolute atomic E-state index is 11.9. The van der Waals surface area contributed by atoms with Crippen LogP contribution in [0, 0.1) is 6.92 Å². The lowest BCUT2D eigenvalue weighted by atomic mass is 10.1. The summed E-state index contributed by atoms with van der Waals surface area (Å²) in [6.07, 6.45) is 0.190. The van der Waals surface area contributed by atoms with Gasteiger partial charge in [-0.1, -0.05) is 0 Å². The number of amides is 2. The molecule has 0 spiro atoms. The molecule has 8 heteroatoms. The van der Waals surface area contributed by atoms with Crippen LogP contribution in [0.4, 0.5) is 5.69 Å². The molecule has 2 aromatic rings. The van der Waals surface area contributed by atoms with Crippen LogP contribution >= 0.6 is 11.3 Å². The Hall–Kier alpha value is -2.74. The van der Waals surface area contributed by atoms with Gasteiger partial charge in [-0.3, -0.25) is 9.59 Å². The van der Waals surface area contributed by atoms with Gasteiger partial charge in [0.25, 0.3) is 5.91 Å². The van der Waals surface area contributed by atoms with Crippen molar-refractivity contribution in [1.82, 2.24) is 10.4 Å². The molecule has 0 radical (unpaired) electrons. The van der Waals surface area contributed by atoms with Crippen molar-refractivity contribution in [3.63, 3.8) is 0 Å². The van der Waals surface area contributed by atoms with Gasteiger partial charge < -0.3 is 10.1 Å². The summed E-state index contributed by atoms with van der Waals surface area (Å²) in [5.74, 6) is 0.199. The zero-order valence-electron chi connectivity index (χ0n) is 13.3. The van der Waals surface area contributed by atoms with Gasteiger partial charge in [-0.25, -0.2) is 10.4 Å². The molecule has 0 fully saturated rings. The van der Waals surface area contributed by atoms with Gasteiger partial charge in [-0.2, -0.15) is 5.10 Å². The molecule has 1 aliphatic heterocycles. The minimum Gasteiger partial charge on any atom is -0.482 e. The van der Waals surface area contributed by atoms with Crippen LogP contribution in [-0.4, -0.2) is 29.1 Å². The van der Waals surface area contributed by atoms with Crippen LogP contribution in [-0.2, 0) is 16.0 Å². The van der Waals surface area contributed by atoms with Gasteiger partial charge in [-0.05, 0) is 37.6 Å². The summed E-state index contributed by atoms with van der Waals surface area (Å²) in [4.78, 5) is 27.5. The van der Waals surface area contributed by atoms with Crippen molar-refractivity contribution in [2.45, 2.75) is 20.3 Å². The quantitative estimate of drug-likeness (QED) is 0.654. The number of hydrazone groups is 1. The van der Waals surface area contributed by atoms with Crippen molar-refractivity contribution >= 4 is 34.6 Å². The minimum absolute atomic E-state index is 0.0194. The number of carbonyl (C=O) groups excluding carboxylic acids is 2. The number of thiazole rings is 1. The Bertz CT molecular complexity index is 828. The topological polar surface area (TPSA) is 92.7 Å². The van der Waals surface area contributed by atoms with Crippen LogP contribution < -0.4 is 15.5 Å². The number of fused-ring (bicyclic) bond motifs is 1. The fourth-order valence-corrected chi connectivity index (χ4v) is 2.82. The van der Waals surface area contributed by atoms with Crippen LogP contribution in [0.15, 0.2) is 28.7 Å². The second kappa shape index (κ2) is 6.79. The maximum Gasteiger partial charge on any atom is 0.262 e. The van der Waals surface area contributed by atoms with E-state index in [4.69, 9.17) is 4.74 Å². The third-order valence-corrected chi connectivity index (χ3v) is 4.21. The maximum atomic E-state index is 11.9. The highest BCUT2D eigenvalue weighted by Crippen LogP contribution is 2.28. The van der Waals surface area contributed by atoms with Crippen LogP contribution in [0.5, 0.6) is 5.75 Å². The summed E-state index contributed by atoms with van der Waals surface area (Å²) < 4.78 is 5.31. The van der Waals surface area contributed by atoms with Crippen LogP contribution in [0.2, 0.25) is 0 Å². The van der Waals surface area contributed by atoms with Crippen molar-refractivity contribution in [3.8, 4) is 5.75 Å². The number of anilines is 1. The van der Waals surface area contributed by atoms with Crippen LogP contribution in [0.3, 0.4) is 0 Å². The Morgan fingerprint density at radius 2 is 2.33 bits per heavy atom. The van der Waals surface area contributed by atoms with Crippen LogP contribution in [0.1, 0.15) is 23.2 Å². The summed E-state index contributed by atoms with van der Waals surface area (Å²) in [6.45, 7) is 3.69. The molecule has 0 saturated heterocycles. The van der Waals surface area contributed by atoms with E-state index in [1.54, 1.807) is 19.1 Å². The van der Waals surface area contributed by atoms with E-state index >= 15 is 0 Å². The summed E-state index contributed by atoms with van der Waals surface area (Å²) in [5, 5.41) is 9.63. The number of hydrogen-bond acceptors (Lipinski definition) is 6. The normalized spacial score (nSPS) is 13.8. The molecule has 0 unspecified atom stereocenters. The summed E-state index contributed by atoms with van der Waals surface area (Å²) in [6, 6.07) is 5.36. The molecule has 1 aliphatic rings. The lowest BCUT2D eigenvalue weighted by Crippen LogP contribution is -2.25. The Balaban J connectivity index is 1.66. The second-order valence-electron chi connectivity index (χ2n) is 5.31. The fraction of sp³-hybridized carbons (Fsp3) is 0.250. The predicted molar refractivity (Wildman–Crippen MR) is 91.5 cm³/mol. The molecule has 0 atom stereocenters. The Kier molecular flexibility index (Phi) is 4.57. The van der Waals surface area contributed by atoms with E-state index in [2.05, 4.69) is 20.8 Å². The second-order valence-corrected chi connectivity index (χ2v) is 6.38. The van der Waals surface area contributed by atoms with Gasteiger partial charge in [0, 0.05) is 5.38 Å². The molecule has 7 nitrogen and oxygen atoms in total. The van der Waals surface area contributed by atoms with E-state index in [1.165, 1.54) is 11.3 Å². The highest BCUT2D eigenvalue weighted by Gasteiger charge is 2.16. The molecule has 24 heavy (non-hydrogen) atoms. The van der Waals surface area contributed by atoms with Crippen LogP contribution in [0.25, 0.3) is 0 Å². The smallest absolute Gasteiger partial charge is 0.262 e. The molecule has 0 bridgehead atoms. The summed E-state index contributed by atoms with van der Waals surface area (Å²) in [5.41, 5.74) is 5.26. The Labute approximate surface area is 142 Å². The van der Waals surface area contributed by atoms with Gasteiger partial charge in [-0.15, -0.1) is 11.3 Å². The molecule has 1 aromatic carbocycles. The number of benzene rings is 1. The highest BCUT2D eigenvalue weighted by atomic mass is 32.1. The number of aromatic nitrogens is 1. The van der Waals surface area contributed by atoms with E-state index in [0.29, 0.717) is 17.1 Å². The third kappa shape index (κ3) is 3.77. The van der Waals surface area contributed by atoms with E-state index in [-0.39, 0.29) is 24.8 Å². The first-order valence-corrected chi connectivity index (χ1v) is 8.20. The van der Waals surface area contributed by atoms with Gasteiger partial charge in [0.15, 0.2) is 6.61 Å². The lowest BCUT2D eigenvalue weighted by Gasteiger charge is -2.18. The molecular formula is C16H16N4O3S. The lowest BCUT2D eigenvalue weighted by molar-refractivity contribution is -0.120. The monoisotopic (exact) mass is 344 g/mol. The van der Waals surface area contributed by atoms with E-state index in [1.807, 2.05) is 18.4 Å². The molecule has 2 N–H and O–H groups in total. The van der Waals surface area contributed by atoms with Gasteiger partial charge in [0.1, 0.15) is 5.75 Å². The number of aryl methyl sites for hydroxylation is 1. The molecule has 2 heterocycles. The first-order valence-electron chi connectivity index (χ1n) is 7.32. The van der Waals surface area contributed by atoms with E-state index in [9.17, 15) is 9.59 Å². The third-order valence-electron chi connectivity index (χ3n) is 3.39. The Morgan fingerprint density at radius 3 is 3.08 bits per heavy atom. The van der Waals surface area contributed by atoms with Gasteiger partial charge >= 0.3 is 0 Å². The van der Waals surface area contributed by atoms with Crippen molar-refractivity contribution < 1.29 is 14.3 Å². The number of nitrogens with zero attached hydrogens (tertiary/aromatic N) is 2. The molecule has 0 aliphatic carbocycles. The first-order chi connectivity index (χ1) is 11.5. The molecule has 124 valence electrons. The zero-order valence-corrected chi connectivity index (χ0v) is 14.1. The minimum atomic E-state index is -0.228. The van der Waals surface area contributed by atoms with Gasteiger partial charge in [0.2, 0.25) is 5.91 Å². The van der Waals surface area contributed by atoms with Crippen molar-refractivity contribution in [2.24, 2.45) is 5.10 Å². The molecular weight excluding hydrogens is 328 g/mol. The number of ether oxygens (including phenoxy) is 1. The Morgan fingerprint density at radius 1 is 1.50 bits per heavy atom. The molecule has 1 aromatic heterocycles. The molecule has 0 saturated carbocycles. The van der Waals surface area contributed by atoms with E-state index < -0.39 is 0 Å². The van der Waals surface area contributed by atoms with Crippen molar-refractivity contribution in [3.05, 3.63) is 39.8 Å². The highest BCUT2D eigenvalue weighted by molar-refractivity contribution is 7.09. The SMILES string of the molecule is C/C(=N/NC(=O)Cc1csc(C)n1)c1ccc2c(c1)NC(=O)CO2. The number of rotatable bonds is 4. The van der Waals surface area contributed by atoms with Crippen molar-refractivity contribution in [1.29, 1.82) is 0 Å². The standard InChI is InChI=1S/C16H16N4O3S/c1-9(19-20-15(21)6-12-8-24-10(2)17-12)11-3-4-14-13(5-11)18-16(22)7-23-14/h3-5,8H,6-7H2,1-2H3,(H,18,22)(H,20,21)/b19-9-. The first kappa shape index (κ1) is 16.1. The van der Waals surface area contributed by atoms with Crippen molar-refractivity contribution in [2.75, 3.05) is 11.9 Å².